The van der Waals surface area contributed by atoms with Crippen molar-refractivity contribution in [3.05, 3.63) is 35.9 Å². The summed E-state index contributed by atoms with van der Waals surface area (Å²) >= 11 is 5.32. The molecule has 0 bridgehead atoms. The molecule has 5 nitrogen and oxygen atoms in total. The molecule has 1 aromatic rings. The van der Waals surface area contributed by atoms with E-state index in [0.717, 1.165) is 18.4 Å². The number of rotatable bonds is 6. The second-order valence-electron chi connectivity index (χ2n) is 6.55. The van der Waals surface area contributed by atoms with E-state index in [9.17, 15) is 21.6 Å². The van der Waals surface area contributed by atoms with Crippen molar-refractivity contribution in [2.24, 2.45) is 0 Å². The lowest BCUT2D eigenvalue weighted by molar-refractivity contribution is -0.0453. The minimum atomic E-state index is -5.39. The van der Waals surface area contributed by atoms with Gasteiger partial charge >= 0.3 is 15.5 Å². The Morgan fingerprint density at radius 1 is 1.19 bits per heavy atom. The molecule has 0 heterocycles. The number of hydrogen-bond acceptors (Lipinski definition) is 3. The molecule has 2 rings (SSSR count). The smallest absolute Gasteiger partial charge is 0.358 e. The summed E-state index contributed by atoms with van der Waals surface area (Å²) in [5.74, 6) is 0. The average Bonchev–Trinajstić information content (AvgIpc) is 2.61. The minimum absolute atomic E-state index is 0.0416. The van der Waals surface area contributed by atoms with Crippen molar-refractivity contribution in [3.63, 3.8) is 0 Å². The summed E-state index contributed by atoms with van der Waals surface area (Å²) in [5, 5.41) is 6.47. The van der Waals surface area contributed by atoms with Crippen LogP contribution in [0.15, 0.2) is 30.3 Å². The van der Waals surface area contributed by atoms with Gasteiger partial charge in [0.25, 0.3) is 0 Å². The number of sulfonamides is 1. The fourth-order valence-electron chi connectivity index (χ4n) is 3.19. The van der Waals surface area contributed by atoms with Crippen LogP contribution >= 0.6 is 12.2 Å². The molecule has 0 aliphatic heterocycles. The van der Waals surface area contributed by atoms with Gasteiger partial charge in [-0.2, -0.15) is 13.2 Å². The van der Waals surface area contributed by atoms with Crippen LogP contribution in [0.1, 0.15) is 50.6 Å². The molecule has 1 aromatic carbocycles. The van der Waals surface area contributed by atoms with Crippen LogP contribution in [-0.4, -0.2) is 31.1 Å². The molecule has 27 heavy (non-hydrogen) atoms. The van der Waals surface area contributed by atoms with Crippen LogP contribution in [0.2, 0.25) is 0 Å². The third-order valence-electron chi connectivity index (χ3n) is 4.61. The average molecular weight is 424 g/mol. The van der Waals surface area contributed by atoms with Gasteiger partial charge in [-0.1, -0.05) is 50.1 Å². The maximum absolute atomic E-state index is 12.7. The first-order valence-electron chi connectivity index (χ1n) is 8.84. The molecule has 1 fully saturated rings. The lowest BCUT2D eigenvalue weighted by Crippen LogP contribution is -2.56. The van der Waals surface area contributed by atoms with E-state index in [0.29, 0.717) is 24.4 Å². The van der Waals surface area contributed by atoms with Gasteiger partial charge in [0.15, 0.2) is 5.11 Å². The molecule has 1 aliphatic rings. The first-order valence-corrected chi connectivity index (χ1v) is 10.7. The van der Waals surface area contributed by atoms with E-state index in [1.807, 2.05) is 37.3 Å². The molecule has 3 N–H and O–H groups in total. The molecular formula is C17H24F3N3O2S2. The van der Waals surface area contributed by atoms with E-state index in [1.165, 1.54) is 0 Å². The quantitative estimate of drug-likeness (QED) is 0.612. The molecule has 1 saturated carbocycles. The van der Waals surface area contributed by atoms with Crippen molar-refractivity contribution in [1.29, 1.82) is 0 Å². The summed E-state index contributed by atoms with van der Waals surface area (Å²) in [5.41, 5.74) is -4.28. The Balaban J connectivity index is 2.01. The van der Waals surface area contributed by atoms with E-state index >= 15 is 0 Å². The van der Waals surface area contributed by atoms with Crippen molar-refractivity contribution in [3.8, 4) is 0 Å². The highest BCUT2D eigenvalue weighted by Gasteiger charge is 2.47. The Morgan fingerprint density at radius 2 is 1.78 bits per heavy atom. The van der Waals surface area contributed by atoms with Crippen molar-refractivity contribution in [1.82, 2.24) is 15.4 Å². The molecule has 0 saturated heterocycles. The summed E-state index contributed by atoms with van der Waals surface area (Å²) in [6.45, 7) is 1.99. The van der Waals surface area contributed by atoms with Crippen molar-refractivity contribution in [2.45, 2.75) is 62.7 Å². The van der Waals surface area contributed by atoms with Crippen LogP contribution in [0, 0.1) is 0 Å². The third kappa shape index (κ3) is 6.05. The van der Waals surface area contributed by atoms with E-state index in [4.69, 9.17) is 12.2 Å². The van der Waals surface area contributed by atoms with Gasteiger partial charge in [0, 0.05) is 12.1 Å². The van der Waals surface area contributed by atoms with Crippen molar-refractivity contribution >= 4 is 27.4 Å². The highest BCUT2D eigenvalue weighted by Crippen LogP contribution is 2.26. The van der Waals surface area contributed by atoms with Gasteiger partial charge in [-0.05, 0) is 37.0 Å². The number of hydrogen-bond donors (Lipinski definition) is 3. The van der Waals surface area contributed by atoms with Gasteiger partial charge in [0.2, 0.25) is 0 Å². The predicted octanol–water partition coefficient (Wildman–Crippen LogP) is 3.35. The first-order chi connectivity index (χ1) is 12.6. The summed E-state index contributed by atoms with van der Waals surface area (Å²) in [4.78, 5) is 0. The molecule has 0 amide bonds. The van der Waals surface area contributed by atoms with Crippen LogP contribution in [0.3, 0.4) is 0 Å². The van der Waals surface area contributed by atoms with E-state index in [1.54, 1.807) is 4.72 Å². The van der Waals surface area contributed by atoms with Crippen LogP contribution in [0.25, 0.3) is 0 Å². The Kier molecular flexibility index (Phi) is 7.47. The molecule has 1 aliphatic carbocycles. The van der Waals surface area contributed by atoms with Crippen LogP contribution in [0.5, 0.6) is 0 Å². The third-order valence-corrected chi connectivity index (χ3v) is 6.07. The van der Waals surface area contributed by atoms with Gasteiger partial charge in [-0.3, -0.25) is 0 Å². The van der Waals surface area contributed by atoms with Crippen molar-refractivity contribution in [2.75, 3.05) is 0 Å². The lowest BCUT2D eigenvalue weighted by Gasteiger charge is -2.34. The highest BCUT2D eigenvalue weighted by atomic mass is 32.2. The summed E-state index contributed by atoms with van der Waals surface area (Å²) in [7, 11) is -5.39. The van der Waals surface area contributed by atoms with Crippen molar-refractivity contribution < 1.29 is 21.6 Å². The molecule has 10 heteroatoms. The van der Waals surface area contributed by atoms with Gasteiger partial charge in [0.05, 0.1) is 6.04 Å². The fraction of sp³-hybridized carbons (Fsp3) is 0.588. The van der Waals surface area contributed by atoms with Gasteiger partial charge in [0.1, 0.15) is 0 Å². The first kappa shape index (κ1) is 21.9. The predicted molar refractivity (Wildman–Crippen MR) is 102 cm³/mol. The Labute approximate surface area is 163 Å². The number of alkyl halides is 3. The second-order valence-corrected chi connectivity index (χ2v) is 8.67. The topological polar surface area (TPSA) is 70.2 Å². The Morgan fingerprint density at radius 3 is 2.33 bits per heavy atom. The van der Waals surface area contributed by atoms with Gasteiger partial charge in [-0.25, -0.2) is 13.1 Å². The maximum atomic E-state index is 12.7. The molecule has 3 atom stereocenters. The molecular weight excluding hydrogens is 399 g/mol. The molecule has 0 aromatic heterocycles. The monoisotopic (exact) mass is 423 g/mol. The zero-order chi connectivity index (χ0) is 20.1. The number of benzene rings is 1. The number of thiocarbonyl (C=S) groups is 1. The van der Waals surface area contributed by atoms with Gasteiger partial charge in [-0.15, -0.1) is 0 Å². The SMILES string of the molecule is CCC(NC(=S)N[C@H]1CCCC[C@@H]1NS(=O)(=O)C(F)(F)F)c1ccccc1. The number of halogens is 3. The summed E-state index contributed by atoms with van der Waals surface area (Å²) in [6.07, 6.45) is 3.08. The molecule has 0 spiro atoms. The normalized spacial score (nSPS) is 22.1. The van der Waals surface area contributed by atoms with Gasteiger partial charge < -0.3 is 10.6 Å². The lowest BCUT2D eigenvalue weighted by atomic mass is 9.91. The molecule has 0 radical (unpaired) electrons. The van der Waals surface area contributed by atoms with E-state index in [2.05, 4.69) is 10.6 Å². The van der Waals surface area contributed by atoms with Crippen LogP contribution in [-0.2, 0) is 10.0 Å². The fourth-order valence-corrected chi connectivity index (χ4v) is 4.29. The Bertz CT molecular complexity index is 727. The maximum Gasteiger partial charge on any atom is 0.511 e. The molecule has 152 valence electrons. The Hall–Kier alpha value is -1.39. The summed E-state index contributed by atoms with van der Waals surface area (Å²) < 4.78 is 62.7. The second kappa shape index (κ2) is 9.20. The minimum Gasteiger partial charge on any atom is -0.358 e. The summed E-state index contributed by atoms with van der Waals surface area (Å²) in [6, 6.07) is 8.27. The van der Waals surface area contributed by atoms with E-state index in [-0.39, 0.29) is 6.04 Å². The zero-order valence-electron chi connectivity index (χ0n) is 14.9. The standard InChI is InChI=1S/C17H24F3N3O2S2/c1-2-13(12-8-4-3-5-9-12)21-16(26)22-14-10-6-7-11-15(14)23-27(24,25)17(18,19)20/h3-5,8-9,13-15,23H,2,6-7,10-11H2,1H3,(H2,21,22,26)/t13?,14-,15-/m0/s1. The van der Waals surface area contributed by atoms with E-state index < -0.39 is 27.6 Å². The number of nitrogens with one attached hydrogen (secondary N) is 3. The molecule has 1 unspecified atom stereocenters. The largest absolute Gasteiger partial charge is 0.511 e. The van der Waals surface area contributed by atoms with Crippen LogP contribution in [0.4, 0.5) is 13.2 Å². The van der Waals surface area contributed by atoms with Crippen LogP contribution < -0.4 is 15.4 Å². The highest BCUT2D eigenvalue weighted by molar-refractivity contribution is 7.90. The zero-order valence-corrected chi connectivity index (χ0v) is 16.6.